The highest BCUT2D eigenvalue weighted by Crippen LogP contribution is 2.14. The van der Waals surface area contributed by atoms with E-state index < -0.39 is 12.1 Å². The summed E-state index contributed by atoms with van der Waals surface area (Å²) >= 11 is 0. The van der Waals surface area contributed by atoms with Gasteiger partial charge in [0.2, 0.25) is 0 Å². The maximum atomic E-state index is 10.8. The van der Waals surface area contributed by atoms with E-state index in [2.05, 4.69) is 13.8 Å². The second-order valence-electron chi connectivity index (χ2n) is 4.58. The second-order valence-corrected chi connectivity index (χ2v) is 4.58. The van der Waals surface area contributed by atoms with Crippen LogP contribution in [0.2, 0.25) is 0 Å². The molecule has 0 radical (unpaired) electrons. The molecule has 2 unspecified atom stereocenters. The van der Waals surface area contributed by atoms with Gasteiger partial charge in [-0.2, -0.15) is 0 Å². The van der Waals surface area contributed by atoms with E-state index in [-0.39, 0.29) is 12.0 Å². The first-order valence-electron chi connectivity index (χ1n) is 5.22. The minimum Gasteiger partial charge on any atom is -0.479 e. The number of carboxylic acids is 1. The van der Waals surface area contributed by atoms with Gasteiger partial charge in [-0.1, -0.05) is 27.7 Å². The molecule has 0 aliphatic heterocycles. The Labute approximate surface area is 86.5 Å². The van der Waals surface area contributed by atoms with Gasteiger partial charge in [0.05, 0.1) is 6.10 Å². The standard InChI is InChI=1S/C11H22O3/c1-7(2)6-9(5)14-10(8(3)4)11(12)13/h7-10H,6H2,1-5H3,(H,12,13). The van der Waals surface area contributed by atoms with Gasteiger partial charge in [0.15, 0.2) is 6.10 Å². The lowest BCUT2D eigenvalue weighted by Crippen LogP contribution is -2.33. The van der Waals surface area contributed by atoms with E-state index in [4.69, 9.17) is 9.84 Å². The van der Waals surface area contributed by atoms with Gasteiger partial charge in [0.25, 0.3) is 0 Å². The fraction of sp³-hybridized carbons (Fsp3) is 0.909. The fourth-order valence-corrected chi connectivity index (χ4v) is 1.47. The van der Waals surface area contributed by atoms with E-state index in [1.165, 1.54) is 0 Å². The highest BCUT2D eigenvalue weighted by atomic mass is 16.5. The molecule has 3 heteroatoms. The molecule has 0 aliphatic rings. The van der Waals surface area contributed by atoms with Crippen molar-refractivity contribution >= 4 is 5.97 Å². The highest BCUT2D eigenvalue weighted by Gasteiger charge is 2.24. The Morgan fingerprint density at radius 3 is 2.00 bits per heavy atom. The van der Waals surface area contributed by atoms with Crippen molar-refractivity contribution in [2.24, 2.45) is 11.8 Å². The molecule has 0 spiro atoms. The summed E-state index contributed by atoms with van der Waals surface area (Å²) in [4.78, 5) is 10.8. The van der Waals surface area contributed by atoms with Gasteiger partial charge in [0, 0.05) is 0 Å². The zero-order chi connectivity index (χ0) is 11.3. The maximum absolute atomic E-state index is 10.8. The molecule has 1 N–H and O–H groups in total. The predicted molar refractivity (Wildman–Crippen MR) is 56.3 cm³/mol. The normalized spacial score (nSPS) is 15.9. The number of rotatable bonds is 6. The zero-order valence-electron chi connectivity index (χ0n) is 9.78. The Bertz CT molecular complexity index is 175. The summed E-state index contributed by atoms with van der Waals surface area (Å²) in [7, 11) is 0. The van der Waals surface area contributed by atoms with Crippen LogP contribution in [0, 0.1) is 11.8 Å². The van der Waals surface area contributed by atoms with Crippen LogP contribution in [0.1, 0.15) is 41.0 Å². The first-order chi connectivity index (χ1) is 6.34. The molecule has 14 heavy (non-hydrogen) atoms. The van der Waals surface area contributed by atoms with E-state index >= 15 is 0 Å². The molecule has 0 aliphatic carbocycles. The van der Waals surface area contributed by atoms with E-state index in [0.717, 1.165) is 6.42 Å². The van der Waals surface area contributed by atoms with Crippen LogP contribution in [0.15, 0.2) is 0 Å². The quantitative estimate of drug-likeness (QED) is 0.720. The number of carbonyl (C=O) groups is 1. The van der Waals surface area contributed by atoms with Crippen molar-refractivity contribution in [1.82, 2.24) is 0 Å². The van der Waals surface area contributed by atoms with E-state index in [9.17, 15) is 4.79 Å². The lowest BCUT2D eigenvalue weighted by atomic mass is 10.0. The third-order valence-corrected chi connectivity index (χ3v) is 2.03. The third kappa shape index (κ3) is 5.22. The molecule has 0 rings (SSSR count). The van der Waals surface area contributed by atoms with Crippen LogP contribution in [-0.2, 0) is 9.53 Å². The second kappa shape index (κ2) is 6.02. The predicted octanol–water partition coefficient (Wildman–Crippen LogP) is 2.55. The summed E-state index contributed by atoms with van der Waals surface area (Å²) < 4.78 is 5.48. The Balaban J connectivity index is 4.10. The van der Waals surface area contributed by atoms with E-state index in [1.54, 1.807) is 0 Å². The number of hydrogen-bond donors (Lipinski definition) is 1. The molecule has 0 aromatic heterocycles. The van der Waals surface area contributed by atoms with Crippen LogP contribution in [-0.4, -0.2) is 23.3 Å². The first kappa shape index (κ1) is 13.4. The molecule has 0 fully saturated rings. The molecule has 0 heterocycles. The Morgan fingerprint density at radius 1 is 1.21 bits per heavy atom. The number of hydrogen-bond acceptors (Lipinski definition) is 2. The van der Waals surface area contributed by atoms with Gasteiger partial charge < -0.3 is 9.84 Å². The molecule has 0 amide bonds. The molecular formula is C11H22O3. The summed E-state index contributed by atoms with van der Waals surface area (Å²) in [5.41, 5.74) is 0. The Morgan fingerprint density at radius 2 is 1.71 bits per heavy atom. The zero-order valence-corrected chi connectivity index (χ0v) is 9.78. The van der Waals surface area contributed by atoms with Crippen molar-refractivity contribution in [3.05, 3.63) is 0 Å². The Hall–Kier alpha value is -0.570. The number of aliphatic carboxylic acids is 1. The van der Waals surface area contributed by atoms with E-state index in [0.29, 0.717) is 5.92 Å². The average molecular weight is 202 g/mol. The van der Waals surface area contributed by atoms with E-state index in [1.807, 2.05) is 20.8 Å². The number of carboxylic acid groups (broad SMARTS) is 1. The van der Waals surface area contributed by atoms with Crippen LogP contribution in [0.4, 0.5) is 0 Å². The molecule has 0 saturated carbocycles. The SMILES string of the molecule is CC(C)CC(C)OC(C(=O)O)C(C)C. The van der Waals surface area contributed by atoms with Crippen LogP contribution in [0.5, 0.6) is 0 Å². The van der Waals surface area contributed by atoms with Crippen molar-refractivity contribution in [2.45, 2.75) is 53.2 Å². The third-order valence-electron chi connectivity index (χ3n) is 2.03. The summed E-state index contributed by atoms with van der Waals surface area (Å²) in [5, 5.41) is 8.90. The fourth-order valence-electron chi connectivity index (χ4n) is 1.47. The topological polar surface area (TPSA) is 46.5 Å². The molecule has 0 aromatic rings. The van der Waals surface area contributed by atoms with Crippen LogP contribution < -0.4 is 0 Å². The average Bonchev–Trinajstić information content (AvgIpc) is 1.97. The lowest BCUT2D eigenvalue weighted by molar-refractivity contribution is -0.158. The van der Waals surface area contributed by atoms with Crippen molar-refractivity contribution in [2.75, 3.05) is 0 Å². The van der Waals surface area contributed by atoms with Crippen LogP contribution in [0.3, 0.4) is 0 Å². The van der Waals surface area contributed by atoms with Crippen LogP contribution >= 0.6 is 0 Å². The van der Waals surface area contributed by atoms with Gasteiger partial charge in [-0.25, -0.2) is 4.79 Å². The van der Waals surface area contributed by atoms with Gasteiger partial charge in [0.1, 0.15) is 0 Å². The van der Waals surface area contributed by atoms with Gasteiger partial charge in [-0.3, -0.25) is 0 Å². The summed E-state index contributed by atoms with van der Waals surface area (Å²) in [6, 6.07) is 0. The molecule has 3 nitrogen and oxygen atoms in total. The minimum atomic E-state index is -0.865. The largest absolute Gasteiger partial charge is 0.479 e. The van der Waals surface area contributed by atoms with Gasteiger partial charge in [-0.15, -0.1) is 0 Å². The molecule has 2 atom stereocenters. The summed E-state index contributed by atoms with van der Waals surface area (Å²) in [6.45, 7) is 9.86. The molecule has 0 aromatic carbocycles. The minimum absolute atomic E-state index is 0.0125. The summed E-state index contributed by atoms with van der Waals surface area (Å²) in [6.07, 6.45) is 0.235. The highest BCUT2D eigenvalue weighted by molar-refractivity contribution is 5.72. The molecular weight excluding hydrogens is 180 g/mol. The number of ether oxygens (including phenoxy) is 1. The smallest absolute Gasteiger partial charge is 0.333 e. The molecule has 0 saturated heterocycles. The molecule has 0 bridgehead atoms. The van der Waals surface area contributed by atoms with Crippen molar-refractivity contribution in [3.8, 4) is 0 Å². The van der Waals surface area contributed by atoms with Crippen molar-refractivity contribution in [3.63, 3.8) is 0 Å². The van der Waals surface area contributed by atoms with Gasteiger partial charge in [-0.05, 0) is 25.2 Å². The van der Waals surface area contributed by atoms with Crippen molar-refractivity contribution < 1.29 is 14.6 Å². The lowest BCUT2D eigenvalue weighted by Gasteiger charge is -2.23. The van der Waals surface area contributed by atoms with Crippen LogP contribution in [0.25, 0.3) is 0 Å². The van der Waals surface area contributed by atoms with Gasteiger partial charge >= 0.3 is 5.97 Å². The van der Waals surface area contributed by atoms with Crippen molar-refractivity contribution in [1.29, 1.82) is 0 Å². The Kier molecular flexibility index (Phi) is 5.77. The monoisotopic (exact) mass is 202 g/mol. The molecule has 84 valence electrons. The summed E-state index contributed by atoms with van der Waals surface area (Å²) in [5.74, 6) is -0.315. The first-order valence-corrected chi connectivity index (χ1v) is 5.22. The maximum Gasteiger partial charge on any atom is 0.333 e.